The molecule has 2 heterocycles. The second kappa shape index (κ2) is 7.17. The smallest absolute Gasteiger partial charge is 0.407 e. The molecule has 1 saturated carbocycles. The van der Waals surface area contributed by atoms with E-state index in [1.54, 1.807) is 0 Å². The van der Waals surface area contributed by atoms with Crippen molar-refractivity contribution in [2.45, 2.75) is 44.2 Å². The van der Waals surface area contributed by atoms with E-state index in [2.05, 4.69) is 26.5 Å². The highest BCUT2D eigenvalue weighted by molar-refractivity contribution is 5.67. The average Bonchev–Trinajstić information content (AvgIpc) is 3.39. The third kappa shape index (κ3) is 4.13. The molecule has 2 aliphatic rings. The first-order valence-corrected chi connectivity index (χ1v) is 9.05. The van der Waals surface area contributed by atoms with Crippen molar-refractivity contribution in [2.24, 2.45) is 0 Å². The van der Waals surface area contributed by atoms with Crippen LogP contribution in [0.1, 0.15) is 42.9 Å². The lowest BCUT2D eigenvalue weighted by Gasteiger charge is -2.32. The van der Waals surface area contributed by atoms with Gasteiger partial charge >= 0.3 is 6.09 Å². The molecule has 0 atom stereocenters. The minimum absolute atomic E-state index is 0.168. The molecule has 1 aliphatic carbocycles. The van der Waals surface area contributed by atoms with Crippen molar-refractivity contribution < 1.29 is 9.53 Å². The second-order valence-corrected chi connectivity index (χ2v) is 6.92. The molecule has 0 bridgehead atoms. The fourth-order valence-corrected chi connectivity index (χ4v) is 3.28. The Hall–Kier alpha value is -2.50. The number of nitrogens with one attached hydrogen (secondary N) is 2. The zero-order valence-electron chi connectivity index (χ0n) is 14.3. The van der Waals surface area contributed by atoms with Crippen LogP contribution in [0.4, 0.5) is 10.6 Å². The van der Waals surface area contributed by atoms with Gasteiger partial charge in [-0.15, -0.1) is 0 Å². The van der Waals surface area contributed by atoms with Crippen LogP contribution in [-0.4, -0.2) is 35.4 Å². The Labute approximate surface area is 147 Å². The average molecular weight is 340 g/mol. The van der Waals surface area contributed by atoms with Gasteiger partial charge in [0.15, 0.2) is 5.82 Å². The Morgan fingerprint density at radius 1 is 1.20 bits per heavy atom. The highest BCUT2D eigenvalue weighted by Gasteiger charge is 2.27. The molecular formula is C19H24N4O2. The minimum atomic E-state index is -0.335. The van der Waals surface area contributed by atoms with Gasteiger partial charge in [-0.2, -0.15) is 5.10 Å². The molecule has 6 nitrogen and oxygen atoms in total. The number of H-pyrrole nitrogens is 1. The van der Waals surface area contributed by atoms with Crippen LogP contribution in [0.2, 0.25) is 0 Å². The van der Waals surface area contributed by atoms with Crippen LogP contribution in [0, 0.1) is 0 Å². The predicted molar refractivity (Wildman–Crippen MR) is 95.6 cm³/mol. The van der Waals surface area contributed by atoms with Crippen molar-refractivity contribution in [2.75, 3.05) is 18.0 Å². The van der Waals surface area contributed by atoms with Gasteiger partial charge in [0.2, 0.25) is 0 Å². The normalized spacial score (nSPS) is 18.2. The lowest BCUT2D eigenvalue weighted by Crippen LogP contribution is -2.45. The van der Waals surface area contributed by atoms with E-state index in [-0.39, 0.29) is 12.1 Å². The lowest BCUT2D eigenvalue weighted by atomic mass is 10.1. The first kappa shape index (κ1) is 16.0. The van der Waals surface area contributed by atoms with Crippen molar-refractivity contribution in [3.8, 4) is 0 Å². The zero-order chi connectivity index (χ0) is 17.1. The van der Waals surface area contributed by atoms with Gasteiger partial charge in [0.1, 0.15) is 6.61 Å². The monoisotopic (exact) mass is 340 g/mol. The van der Waals surface area contributed by atoms with Gasteiger partial charge in [-0.25, -0.2) is 4.79 Å². The number of aromatic amines is 1. The predicted octanol–water partition coefficient (Wildman–Crippen LogP) is 3.18. The largest absolute Gasteiger partial charge is 0.445 e. The number of hydrogen-bond donors (Lipinski definition) is 2. The SMILES string of the molecule is O=C(NC1CCN(c2cc(C3CC3)[nH]n2)CC1)OCc1ccccc1. The van der Waals surface area contributed by atoms with E-state index in [9.17, 15) is 4.79 Å². The van der Waals surface area contributed by atoms with Gasteiger partial charge in [0.25, 0.3) is 0 Å². The number of benzene rings is 1. The second-order valence-electron chi connectivity index (χ2n) is 6.92. The fourth-order valence-electron chi connectivity index (χ4n) is 3.28. The van der Waals surface area contributed by atoms with Gasteiger partial charge in [-0.05, 0) is 31.2 Å². The number of amides is 1. The van der Waals surface area contributed by atoms with Crippen molar-refractivity contribution in [1.82, 2.24) is 15.5 Å². The highest BCUT2D eigenvalue weighted by Crippen LogP contribution is 2.40. The number of hydrogen-bond acceptors (Lipinski definition) is 4. The molecule has 2 N–H and O–H groups in total. The van der Waals surface area contributed by atoms with E-state index in [0.29, 0.717) is 12.5 Å². The standard InChI is InChI=1S/C19H24N4O2/c24-19(25-13-14-4-2-1-3-5-14)20-16-8-10-23(11-9-16)18-12-17(21-22-18)15-6-7-15/h1-5,12,15-16H,6-11,13H2,(H,20,24)(H,21,22). The van der Waals surface area contributed by atoms with Crippen molar-refractivity contribution in [3.05, 3.63) is 47.7 Å². The van der Waals surface area contributed by atoms with E-state index in [1.165, 1.54) is 18.5 Å². The molecule has 25 heavy (non-hydrogen) atoms. The lowest BCUT2D eigenvalue weighted by molar-refractivity contribution is 0.134. The maximum Gasteiger partial charge on any atom is 0.407 e. The number of anilines is 1. The molecule has 2 fully saturated rings. The van der Waals surface area contributed by atoms with Gasteiger partial charge in [0.05, 0.1) is 0 Å². The third-order valence-electron chi connectivity index (χ3n) is 4.96. The van der Waals surface area contributed by atoms with Crippen LogP contribution in [0.15, 0.2) is 36.4 Å². The molecule has 0 radical (unpaired) electrons. The van der Waals surface area contributed by atoms with E-state index in [0.717, 1.165) is 37.3 Å². The topological polar surface area (TPSA) is 70.2 Å². The van der Waals surface area contributed by atoms with Crippen LogP contribution in [0.25, 0.3) is 0 Å². The molecule has 132 valence electrons. The number of alkyl carbamates (subject to hydrolysis) is 1. The van der Waals surface area contributed by atoms with Gasteiger partial charge in [-0.3, -0.25) is 5.10 Å². The summed E-state index contributed by atoms with van der Waals surface area (Å²) in [6.45, 7) is 2.11. The van der Waals surface area contributed by atoms with E-state index >= 15 is 0 Å². The summed E-state index contributed by atoms with van der Waals surface area (Å²) in [6, 6.07) is 12.1. The first-order valence-electron chi connectivity index (χ1n) is 9.05. The van der Waals surface area contributed by atoms with E-state index < -0.39 is 0 Å². The van der Waals surface area contributed by atoms with Crippen LogP contribution in [-0.2, 0) is 11.3 Å². The first-order chi connectivity index (χ1) is 12.3. The number of carbonyl (C=O) groups excluding carboxylic acids is 1. The molecule has 1 saturated heterocycles. The summed E-state index contributed by atoms with van der Waals surface area (Å²) < 4.78 is 5.30. The maximum atomic E-state index is 12.0. The van der Waals surface area contributed by atoms with Gasteiger partial charge < -0.3 is 15.0 Å². The number of piperidine rings is 1. The van der Waals surface area contributed by atoms with E-state index in [4.69, 9.17) is 4.74 Å². The molecule has 1 amide bonds. The van der Waals surface area contributed by atoms with E-state index in [1.807, 2.05) is 30.3 Å². The minimum Gasteiger partial charge on any atom is -0.445 e. The van der Waals surface area contributed by atoms with Crippen molar-refractivity contribution in [1.29, 1.82) is 0 Å². The zero-order valence-corrected chi connectivity index (χ0v) is 14.3. The summed E-state index contributed by atoms with van der Waals surface area (Å²) >= 11 is 0. The molecule has 0 unspecified atom stereocenters. The quantitative estimate of drug-likeness (QED) is 0.877. The molecular weight excluding hydrogens is 316 g/mol. The van der Waals surface area contributed by atoms with Gasteiger partial charge in [0, 0.05) is 36.8 Å². The summed E-state index contributed by atoms with van der Waals surface area (Å²) in [5.41, 5.74) is 2.26. The van der Waals surface area contributed by atoms with Crippen LogP contribution >= 0.6 is 0 Å². The molecule has 6 heteroatoms. The Morgan fingerprint density at radius 3 is 2.68 bits per heavy atom. The molecule has 1 aromatic carbocycles. The number of rotatable bonds is 5. The van der Waals surface area contributed by atoms with Crippen LogP contribution in [0.5, 0.6) is 0 Å². The summed E-state index contributed by atoms with van der Waals surface area (Å²) in [5.74, 6) is 1.73. The number of nitrogens with zero attached hydrogens (tertiary/aromatic N) is 2. The number of aromatic nitrogens is 2. The molecule has 0 spiro atoms. The van der Waals surface area contributed by atoms with Crippen LogP contribution < -0.4 is 10.2 Å². The van der Waals surface area contributed by atoms with Crippen molar-refractivity contribution >= 4 is 11.9 Å². The maximum absolute atomic E-state index is 12.0. The number of carbonyl (C=O) groups is 1. The summed E-state index contributed by atoms with van der Waals surface area (Å²) in [7, 11) is 0. The Kier molecular flexibility index (Phi) is 4.59. The van der Waals surface area contributed by atoms with Gasteiger partial charge in [-0.1, -0.05) is 30.3 Å². The summed E-state index contributed by atoms with van der Waals surface area (Å²) in [5, 5.41) is 10.6. The molecule has 1 aliphatic heterocycles. The summed E-state index contributed by atoms with van der Waals surface area (Å²) in [6.07, 6.45) is 4.04. The Balaban J connectivity index is 1.21. The Morgan fingerprint density at radius 2 is 1.96 bits per heavy atom. The Bertz CT molecular complexity index is 703. The fraction of sp³-hybridized carbons (Fsp3) is 0.474. The number of ether oxygens (including phenoxy) is 1. The summed E-state index contributed by atoms with van der Waals surface area (Å²) in [4.78, 5) is 14.2. The third-order valence-corrected chi connectivity index (χ3v) is 4.96. The van der Waals surface area contributed by atoms with Crippen molar-refractivity contribution in [3.63, 3.8) is 0 Å². The molecule has 2 aromatic rings. The molecule has 1 aromatic heterocycles. The highest BCUT2D eigenvalue weighted by atomic mass is 16.5. The van der Waals surface area contributed by atoms with Crippen LogP contribution in [0.3, 0.4) is 0 Å². The molecule has 4 rings (SSSR count).